The van der Waals surface area contributed by atoms with Gasteiger partial charge in [0.05, 0.1) is 5.69 Å². The predicted octanol–water partition coefficient (Wildman–Crippen LogP) is -0.0976. The number of phenols is 1. The third-order valence-corrected chi connectivity index (χ3v) is 1.05. The molecule has 0 atom stereocenters. The fraction of sp³-hybridized carbons (Fsp3) is 0.250. The zero-order valence-corrected chi connectivity index (χ0v) is 9.92. The van der Waals surface area contributed by atoms with Crippen LogP contribution in [-0.2, 0) is 10.4 Å². The van der Waals surface area contributed by atoms with Crippen LogP contribution in [0.15, 0.2) is 18.2 Å². The summed E-state index contributed by atoms with van der Waals surface area (Å²) in [5.41, 5.74) is 11.5. The molecule has 0 heterocycles. The van der Waals surface area contributed by atoms with Crippen molar-refractivity contribution < 1.29 is 27.7 Å². The van der Waals surface area contributed by atoms with E-state index in [1.807, 2.05) is 0 Å². The summed E-state index contributed by atoms with van der Waals surface area (Å²) in [5.74, 6) is 0.0733. The lowest BCUT2D eigenvalue weighted by Gasteiger charge is -1.97. The van der Waals surface area contributed by atoms with E-state index in [9.17, 15) is 0 Å². The van der Waals surface area contributed by atoms with Crippen molar-refractivity contribution >= 4 is 21.8 Å². The third kappa shape index (κ3) is 17.1. The topological polar surface area (TPSA) is 167 Å². The molecule has 0 spiro atoms. The van der Waals surface area contributed by atoms with Crippen LogP contribution in [0.1, 0.15) is 6.92 Å². The number of nitrogens with two attached hydrogens (primary N) is 2. The Labute approximate surface area is 99.1 Å². The molecule has 9 heteroatoms. The molecule has 0 aliphatic heterocycles. The van der Waals surface area contributed by atoms with Gasteiger partial charge >= 0.3 is 10.4 Å². The Morgan fingerprint density at radius 1 is 1.24 bits per heavy atom. The van der Waals surface area contributed by atoms with Gasteiger partial charge in [0.15, 0.2) is 0 Å². The molecule has 8 N–H and O–H groups in total. The normalized spacial score (nSPS) is 9.41. The highest BCUT2D eigenvalue weighted by Gasteiger charge is 1.93. The molecule has 0 fully saturated rings. The molecular weight excluding hydrogens is 252 g/mol. The van der Waals surface area contributed by atoms with Crippen LogP contribution in [0.5, 0.6) is 5.75 Å². The van der Waals surface area contributed by atoms with Crippen LogP contribution in [0.2, 0.25) is 0 Å². The minimum Gasteiger partial charge on any atom is -0.506 e. The summed E-state index contributed by atoms with van der Waals surface area (Å²) >= 11 is 0. The summed E-state index contributed by atoms with van der Waals surface area (Å²) in [4.78, 5) is 0. The summed E-state index contributed by atoms with van der Waals surface area (Å²) in [6.45, 7) is 1.93. The summed E-state index contributed by atoms with van der Waals surface area (Å²) in [6, 6.07) is 4.56. The molecule has 0 aliphatic carbocycles. The van der Waals surface area contributed by atoms with Gasteiger partial charge in [-0.2, -0.15) is 8.42 Å². The molecule has 0 unspecified atom stereocenters. The molecule has 8 nitrogen and oxygen atoms in total. The minimum absolute atomic E-state index is 0.0733. The molecule has 0 aromatic heterocycles. The van der Waals surface area contributed by atoms with E-state index in [0.29, 0.717) is 11.4 Å². The Kier molecular flexibility index (Phi) is 9.01. The standard InChI is InChI=1S/C6H8N2O.C2H6O.H2O4S/c7-4-1-2-6(9)5(8)3-4;1-2-3;1-5(2,3)4/h1-3,9H,7-8H2;3H,2H2,1H3;(H2,1,2,3,4). The Balaban J connectivity index is 0. The van der Waals surface area contributed by atoms with Crippen LogP contribution in [-0.4, -0.2) is 34.3 Å². The van der Waals surface area contributed by atoms with Crippen LogP contribution in [0, 0.1) is 0 Å². The van der Waals surface area contributed by atoms with Crippen molar-refractivity contribution in [3.05, 3.63) is 18.2 Å². The van der Waals surface area contributed by atoms with Crippen LogP contribution >= 0.6 is 0 Å². The molecule has 0 saturated carbocycles. The van der Waals surface area contributed by atoms with Gasteiger partial charge in [0.2, 0.25) is 0 Å². The van der Waals surface area contributed by atoms with E-state index >= 15 is 0 Å². The first-order valence-corrected chi connectivity index (χ1v) is 5.66. The minimum atomic E-state index is -4.67. The summed E-state index contributed by atoms with van der Waals surface area (Å²) in [7, 11) is -4.67. The fourth-order valence-electron chi connectivity index (χ4n) is 0.573. The van der Waals surface area contributed by atoms with Gasteiger partial charge in [-0.15, -0.1) is 0 Å². The van der Waals surface area contributed by atoms with Crippen molar-refractivity contribution in [3.8, 4) is 5.75 Å². The van der Waals surface area contributed by atoms with Crippen LogP contribution in [0.3, 0.4) is 0 Å². The van der Waals surface area contributed by atoms with Gasteiger partial charge in [-0.05, 0) is 25.1 Å². The molecule has 0 radical (unpaired) electrons. The van der Waals surface area contributed by atoms with E-state index in [4.69, 9.17) is 39.2 Å². The number of phenolic OH excluding ortho intramolecular Hbond substituents is 1. The lowest BCUT2D eigenvalue weighted by atomic mass is 10.3. The average molecular weight is 268 g/mol. The molecule has 1 aromatic rings. The number of aromatic hydroxyl groups is 1. The molecule has 1 rings (SSSR count). The second-order valence-corrected chi connectivity index (χ2v) is 3.48. The number of rotatable bonds is 0. The number of aliphatic hydroxyl groups is 1. The van der Waals surface area contributed by atoms with Crippen LogP contribution in [0.4, 0.5) is 11.4 Å². The highest BCUT2D eigenvalue weighted by molar-refractivity contribution is 7.79. The van der Waals surface area contributed by atoms with Crippen LogP contribution in [0.25, 0.3) is 0 Å². The number of aliphatic hydroxyl groups excluding tert-OH is 1. The molecule has 100 valence electrons. The van der Waals surface area contributed by atoms with Gasteiger partial charge < -0.3 is 21.7 Å². The summed E-state index contributed by atoms with van der Waals surface area (Å²) in [6.07, 6.45) is 0. The van der Waals surface area contributed by atoms with Crippen molar-refractivity contribution in [2.24, 2.45) is 0 Å². The summed E-state index contributed by atoms with van der Waals surface area (Å²) < 4.78 is 31.6. The molecular formula is C8H16N2O6S. The second kappa shape index (κ2) is 8.58. The van der Waals surface area contributed by atoms with Crippen molar-refractivity contribution in [3.63, 3.8) is 0 Å². The van der Waals surface area contributed by atoms with E-state index in [1.165, 1.54) is 12.1 Å². The second-order valence-electron chi connectivity index (χ2n) is 2.58. The first-order chi connectivity index (χ1) is 7.61. The number of nitrogen functional groups attached to an aromatic ring is 2. The molecule has 1 aromatic carbocycles. The van der Waals surface area contributed by atoms with Gasteiger partial charge in [0.1, 0.15) is 5.75 Å². The van der Waals surface area contributed by atoms with E-state index in [2.05, 4.69) is 0 Å². The highest BCUT2D eigenvalue weighted by atomic mass is 32.3. The van der Waals surface area contributed by atoms with E-state index < -0.39 is 10.4 Å². The van der Waals surface area contributed by atoms with E-state index in [0.717, 1.165) is 0 Å². The van der Waals surface area contributed by atoms with Gasteiger partial charge in [0.25, 0.3) is 0 Å². The van der Waals surface area contributed by atoms with Gasteiger partial charge in [-0.25, -0.2) is 0 Å². The quantitative estimate of drug-likeness (QED) is 0.164. The van der Waals surface area contributed by atoms with Crippen molar-refractivity contribution in [2.75, 3.05) is 18.1 Å². The average Bonchev–Trinajstić information content (AvgIpc) is 2.10. The first-order valence-electron chi connectivity index (χ1n) is 4.26. The number of hydrogen-bond donors (Lipinski definition) is 6. The SMILES string of the molecule is CCO.Nc1ccc(O)c(N)c1.O=S(=O)(O)O. The highest BCUT2D eigenvalue weighted by Crippen LogP contribution is 2.20. The predicted molar refractivity (Wildman–Crippen MR) is 63.9 cm³/mol. The molecule has 0 aliphatic rings. The largest absolute Gasteiger partial charge is 0.506 e. The third-order valence-electron chi connectivity index (χ3n) is 1.05. The Morgan fingerprint density at radius 3 is 1.82 bits per heavy atom. The molecule has 0 bridgehead atoms. The number of benzene rings is 1. The van der Waals surface area contributed by atoms with Crippen molar-refractivity contribution in [1.29, 1.82) is 0 Å². The smallest absolute Gasteiger partial charge is 0.394 e. The molecule has 0 saturated heterocycles. The monoisotopic (exact) mass is 268 g/mol. The maximum Gasteiger partial charge on any atom is 0.394 e. The lowest BCUT2D eigenvalue weighted by molar-refractivity contribution is 0.318. The van der Waals surface area contributed by atoms with Gasteiger partial charge in [-0.3, -0.25) is 9.11 Å². The molecule has 0 amide bonds. The zero-order valence-electron chi connectivity index (χ0n) is 9.11. The van der Waals surface area contributed by atoms with Crippen molar-refractivity contribution in [1.82, 2.24) is 0 Å². The van der Waals surface area contributed by atoms with E-state index in [1.54, 1.807) is 13.0 Å². The van der Waals surface area contributed by atoms with Gasteiger partial charge in [-0.1, -0.05) is 0 Å². The lowest BCUT2D eigenvalue weighted by Crippen LogP contribution is -1.89. The Morgan fingerprint density at radius 2 is 1.59 bits per heavy atom. The Bertz CT molecular complexity index is 412. The number of hydrogen-bond acceptors (Lipinski definition) is 6. The van der Waals surface area contributed by atoms with Crippen molar-refractivity contribution in [2.45, 2.75) is 6.92 Å². The van der Waals surface area contributed by atoms with E-state index in [-0.39, 0.29) is 12.4 Å². The first kappa shape index (κ1) is 17.8. The zero-order chi connectivity index (χ0) is 14.1. The van der Waals surface area contributed by atoms with Crippen LogP contribution < -0.4 is 11.5 Å². The number of anilines is 2. The Hall–Kier alpha value is -1.55. The summed E-state index contributed by atoms with van der Waals surface area (Å²) in [5, 5.41) is 16.4. The van der Waals surface area contributed by atoms with Gasteiger partial charge in [0, 0.05) is 12.3 Å². The molecule has 17 heavy (non-hydrogen) atoms. The maximum atomic E-state index is 8.86. The maximum absolute atomic E-state index is 8.86. The fourth-order valence-corrected chi connectivity index (χ4v) is 0.573.